The van der Waals surface area contributed by atoms with Gasteiger partial charge in [0.2, 0.25) is 5.95 Å². The van der Waals surface area contributed by atoms with Crippen LogP contribution in [0, 0.1) is 0 Å². The third-order valence-corrected chi connectivity index (χ3v) is 2.48. The molecular weight excluding hydrogens is 270 g/mol. The lowest BCUT2D eigenvalue weighted by atomic mass is 10.1. The number of carbonyl (C=O) groups excluding carboxylic acids is 1. The number of ether oxygens (including phenoxy) is 1. The molecule has 0 bridgehead atoms. The zero-order valence-electron chi connectivity index (χ0n) is 11.8. The molecular formula is C14H17N5O2. The summed E-state index contributed by atoms with van der Waals surface area (Å²) < 4.78 is 5.55. The number of rotatable bonds is 5. The number of nitrogens with zero attached hydrogens (tertiary/aromatic N) is 2. The van der Waals surface area contributed by atoms with Crippen LogP contribution in [0.1, 0.15) is 19.4 Å². The first-order valence-electron chi connectivity index (χ1n) is 6.45. The molecule has 0 fully saturated rings. The van der Waals surface area contributed by atoms with Crippen molar-refractivity contribution < 1.29 is 9.53 Å². The van der Waals surface area contributed by atoms with E-state index in [2.05, 4.69) is 20.5 Å². The largest absolute Gasteiger partial charge is 0.489 e. The monoisotopic (exact) mass is 287 g/mol. The second kappa shape index (κ2) is 6.56. The molecule has 0 saturated heterocycles. The van der Waals surface area contributed by atoms with Gasteiger partial charge >= 0.3 is 0 Å². The zero-order valence-corrected chi connectivity index (χ0v) is 11.8. The average molecular weight is 287 g/mol. The fraction of sp³-hybridized carbons (Fsp3) is 0.214. The third-order valence-electron chi connectivity index (χ3n) is 2.48. The second-order valence-corrected chi connectivity index (χ2v) is 4.62. The number of H-pyrrole nitrogens is 1. The molecule has 4 N–H and O–H groups in total. The van der Waals surface area contributed by atoms with Crippen LogP contribution in [0.15, 0.2) is 30.6 Å². The number of hydrogen-bond acceptors (Lipinski definition) is 5. The van der Waals surface area contributed by atoms with Crippen LogP contribution in [0.4, 0.5) is 11.6 Å². The van der Waals surface area contributed by atoms with E-state index in [-0.39, 0.29) is 12.0 Å². The number of amides is 1. The molecule has 7 heteroatoms. The van der Waals surface area contributed by atoms with Crippen LogP contribution in [0.2, 0.25) is 0 Å². The van der Waals surface area contributed by atoms with E-state index >= 15 is 0 Å². The molecule has 1 amide bonds. The van der Waals surface area contributed by atoms with E-state index in [1.165, 1.54) is 12.4 Å². The Morgan fingerprint density at radius 3 is 2.90 bits per heavy atom. The Labute approximate surface area is 122 Å². The molecule has 1 aromatic carbocycles. The van der Waals surface area contributed by atoms with E-state index in [9.17, 15) is 4.79 Å². The van der Waals surface area contributed by atoms with E-state index in [0.29, 0.717) is 17.4 Å². The van der Waals surface area contributed by atoms with E-state index in [4.69, 9.17) is 10.5 Å². The predicted octanol–water partition coefficient (Wildman–Crippen LogP) is 1.83. The smallest absolute Gasteiger partial charge is 0.250 e. The van der Waals surface area contributed by atoms with Crippen LogP contribution in [-0.2, 0) is 4.79 Å². The summed E-state index contributed by atoms with van der Waals surface area (Å²) in [6.45, 7) is 3.86. The highest BCUT2D eigenvalue weighted by molar-refractivity contribution is 6.00. The molecule has 1 aromatic heterocycles. The average Bonchev–Trinajstić information content (AvgIpc) is 2.91. The lowest BCUT2D eigenvalue weighted by Crippen LogP contribution is -2.09. The number of nitrogens with two attached hydrogens (primary N) is 1. The minimum absolute atomic E-state index is 0.0568. The number of nitrogens with one attached hydrogen (secondary N) is 2. The number of hydrogen-bond donors (Lipinski definition) is 3. The van der Waals surface area contributed by atoms with Gasteiger partial charge in [-0.05, 0) is 37.6 Å². The normalized spacial score (nSPS) is 11.0. The number of nitrogen functional groups attached to an aromatic ring is 1. The van der Waals surface area contributed by atoms with Crippen molar-refractivity contribution >= 4 is 23.6 Å². The number of anilines is 2. The van der Waals surface area contributed by atoms with Gasteiger partial charge in [-0.3, -0.25) is 10.1 Å². The van der Waals surface area contributed by atoms with Crippen molar-refractivity contribution in [2.45, 2.75) is 20.0 Å². The van der Waals surface area contributed by atoms with Crippen molar-refractivity contribution in [3.05, 3.63) is 36.2 Å². The molecule has 21 heavy (non-hydrogen) atoms. The van der Waals surface area contributed by atoms with Gasteiger partial charge in [0.15, 0.2) is 0 Å². The molecule has 0 aliphatic heterocycles. The first kappa shape index (κ1) is 14.6. The molecule has 2 aromatic rings. The Morgan fingerprint density at radius 1 is 1.48 bits per heavy atom. The van der Waals surface area contributed by atoms with Gasteiger partial charge in [0.25, 0.3) is 5.91 Å². The van der Waals surface area contributed by atoms with Gasteiger partial charge in [-0.2, -0.15) is 10.1 Å². The SMILES string of the molecule is CC(C)Oc1ccc(/C=C\C(=O)Nc2ncn[nH]2)cc1N. The molecule has 0 spiro atoms. The van der Waals surface area contributed by atoms with E-state index in [0.717, 1.165) is 5.56 Å². The maximum absolute atomic E-state index is 11.6. The molecule has 2 rings (SSSR count). The fourth-order valence-electron chi connectivity index (χ4n) is 1.63. The van der Waals surface area contributed by atoms with Gasteiger partial charge in [-0.1, -0.05) is 6.07 Å². The Morgan fingerprint density at radius 2 is 2.29 bits per heavy atom. The predicted molar refractivity (Wildman–Crippen MR) is 80.7 cm³/mol. The van der Waals surface area contributed by atoms with Gasteiger partial charge in [0, 0.05) is 6.08 Å². The van der Waals surface area contributed by atoms with Crippen molar-refractivity contribution in [2.24, 2.45) is 0 Å². The minimum Gasteiger partial charge on any atom is -0.489 e. The molecule has 0 unspecified atom stereocenters. The summed E-state index contributed by atoms with van der Waals surface area (Å²) in [6, 6.07) is 5.35. The van der Waals surface area contributed by atoms with Crippen molar-refractivity contribution in [1.29, 1.82) is 0 Å². The van der Waals surface area contributed by atoms with Crippen LogP contribution in [0.5, 0.6) is 5.75 Å². The fourth-order valence-corrected chi connectivity index (χ4v) is 1.63. The van der Waals surface area contributed by atoms with Gasteiger partial charge in [0.05, 0.1) is 11.8 Å². The van der Waals surface area contributed by atoms with Gasteiger partial charge in [-0.25, -0.2) is 5.10 Å². The summed E-state index contributed by atoms with van der Waals surface area (Å²) in [4.78, 5) is 15.4. The van der Waals surface area contributed by atoms with Crippen molar-refractivity contribution in [2.75, 3.05) is 11.1 Å². The Hall–Kier alpha value is -2.83. The number of benzene rings is 1. The van der Waals surface area contributed by atoms with Crippen molar-refractivity contribution in [1.82, 2.24) is 15.2 Å². The standard InChI is InChI=1S/C14H17N5O2/c1-9(2)21-12-5-3-10(7-11(12)15)4-6-13(20)18-14-16-8-17-19-14/h3-9H,15H2,1-2H3,(H2,16,17,18,19,20)/b6-4-. The van der Waals surface area contributed by atoms with Crippen LogP contribution >= 0.6 is 0 Å². The number of aromatic nitrogens is 3. The molecule has 0 radical (unpaired) electrons. The molecule has 0 atom stereocenters. The summed E-state index contributed by atoms with van der Waals surface area (Å²) in [5.74, 6) is 0.617. The summed E-state index contributed by atoms with van der Waals surface area (Å²) in [7, 11) is 0. The van der Waals surface area contributed by atoms with Crippen LogP contribution in [0.3, 0.4) is 0 Å². The van der Waals surface area contributed by atoms with Gasteiger partial charge in [-0.15, -0.1) is 0 Å². The molecule has 110 valence electrons. The highest BCUT2D eigenvalue weighted by Crippen LogP contribution is 2.24. The molecule has 0 saturated carbocycles. The summed E-state index contributed by atoms with van der Waals surface area (Å²) >= 11 is 0. The maximum atomic E-state index is 11.6. The summed E-state index contributed by atoms with van der Waals surface area (Å²) in [6.07, 6.45) is 4.41. The van der Waals surface area contributed by atoms with Crippen LogP contribution in [-0.4, -0.2) is 27.2 Å². The zero-order chi connectivity index (χ0) is 15.2. The van der Waals surface area contributed by atoms with E-state index < -0.39 is 0 Å². The Bertz CT molecular complexity index is 635. The van der Waals surface area contributed by atoms with Crippen LogP contribution < -0.4 is 15.8 Å². The maximum Gasteiger partial charge on any atom is 0.250 e. The molecule has 0 aliphatic rings. The summed E-state index contributed by atoms with van der Waals surface area (Å²) in [5.41, 5.74) is 7.23. The first-order chi connectivity index (χ1) is 10.0. The van der Waals surface area contributed by atoms with E-state index in [1.54, 1.807) is 18.2 Å². The number of carbonyl (C=O) groups is 1. The first-order valence-corrected chi connectivity index (χ1v) is 6.45. The minimum atomic E-state index is -0.312. The van der Waals surface area contributed by atoms with Crippen LogP contribution in [0.25, 0.3) is 6.08 Å². The van der Waals surface area contributed by atoms with Gasteiger partial charge < -0.3 is 10.5 Å². The molecule has 0 aliphatic carbocycles. The quantitative estimate of drug-likeness (QED) is 0.574. The van der Waals surface area contributed by atoms with Crippen molar-refractivity contribution in [3.8, 4) is 5.75 Å². The Balaban J connectivity index is 2.00. The van der Waals surface area contributed by atoms with E-state index in [1.807, 2.05) is 19.9 Å². The topological polar surface area (TPSA) is 106 Å². The number of aromatic amines is 1. The molecule has 1 heterocycles. The van der Waals surface area contributed by atoms with Gasteiger partial charge in [0.1, 0.15) is 12.1 Å². The Kier molecular flexibility index (Phi) is 4.55. The molecule has 7 nitrogen and oxygen atoms in total. The lowest BCUT2D eigenvalue weighted by molar-refractivity contribution is -0.111. The lowest BCUT2D eigenvalue weighted by Gasteiger charge is -2.12. The highest BCUT2D eigenvalue weighted by Gasteiger charge is 2.04. The van der Waals surface area contributed by atoms with Crippen molar-refractivity contribution in [3.63, 3.8) is 0 Å². The second-order valence-electron chi connectivity index (χ2n) is 4.62. The third kappa shape index (κ3) is 4.34. The highest BCUT2D eigenvalue weighted by atomic mass is 16.5. The summed E-state index contributed by atoms with van der Waals surface area (Å²) in [5, 5.41) is 8.70.